The smallest absolute Gasteiger partial charge is 0.255 e. The van der Waals surface area contributed by atoms with Crippen LogP contribution in [0.2, 0.25) is 0 Å². The molecule has 3 rings (SSSR count). The topological polar surface area (TPSA) is 74.0 Å². The molecule has 3 heterocycles. The van der Waals surface area contributed by atoms with Crippen LogP contribution in [0, 0.1) is 11.3 Å². The van der Waals surface area contributed by atoms with Gasteiger partial charge in [0.25, 0.3) is 5.91 Å². The highest BCUT2D eigenvalue weighted by Crippen LogP contribution is 2.27. The van der Waals surface area contributed by atoms with Crippen LogP contribution in [0.4, 0.5) is 0 Å². The molecule has 1 N–H and O–H groups in total. The van der Waals surface area contributed by atoms with Gasteiger partial charge >= 0.3 is 0 Å². The number of aromatic nitrogens is 2. The van der Waals surface area contributed by atoms with Gasteiger partial charge in [-0.2, -0.15) is 22.1 Å². The monoisotopic (exact) mass is 333 g/mol. The molecular weight excluding hydrogens is 310 g/mol. The molecule has 1 amide bonds. The molecule has 7 heteroatoms. The van der Waals surface area contributed by atoms with Gasteiger partial charge in [-0.25, -0.2) is 0 Å². The maximum absolute atomic E-state index is 12.3. The van der Waals surface area contributed by atoms with Crippen LogP contribution < -0.4 is 5.32 Å². The van der Waals surface area contributed by atoms with Crippen molar-refractivity contribution >= 4 is 17.7 Å². The zero-order valence-electron chi connectivity index (χ0n) is 13.3. The Morgan fingerprint density at radius 1 is 1.39 bits per heavy atom. The van der Waals surface area contributed by atoms with Crippen molar-refractivity contribution < 1.29 is 4.79 Å². The molecule has 2 aliphatic heterocycles. The number of nitrogens with one attached hydrogen (secondary N) is 1. The van der Waals surface area contributed by atoms with Crippen LogP contribution in [0.3, 0.4) is 0 Å². The average molecular weight is 333 g/mol. The number of nitrogens with zero attached hydrogens (tertiary/aromatic N) is 4. The van der Waals surface area contributed by atoms with Gasteiger partial charge in [0.1, 0.15) is 5.54 Å². The molecule has 2 aliphatic rings. The van der Waals surface area contributed by atoms with E-state index in [2.05, 4.69) is 21.4 Å². The molecule has 6 nitrogen and oxygen atoms in total. The van der Waals surface area contributed by atoms with Gasteiger partial charge in [0.05, 0.1) is 24.4 Å². The molecule has 1 atom stereocenters. The highest BCUT2D eigenvalue weighted by atomic mass is 32.2. The summed E-state index contributed by atoms with van der Waals surface area (Å²) >= 11 is 1.71. The van der Waals surface area contributed by atoms with Crippen molar-refractivity contribution in [2.45, 2.75) is 37.8 Å². The predicted octanol–water partition coefficient (Wildman–Crippen LogP) is 1.50. The SMILES string of the molecule is N#C[C@@]1(NC(=O)c2cnn(CCN3CCCCC3)c2)CCSC1. The maximum Gasteiger partial charge on any atom is 0.255 e. The standard InChI is InChI=1S/C16H23N5OS/c17-12-16(4-9-23-13-16)19-15(22)14-10-18-21(11-14)8-7-20-5-2-1-3-6-20/h10-11H,1-9,13H2,(H,19,22)/t16-/m0/s1. The number of piperidine rings is 1. The Balaban J connectivity index is 1.53. The molecular formula is C16H23N5OS. The fourth-order valence-corrected chi connectivity index (χ4v) is 4.37. The number of carbonyl (C=O) groups excluding carboxylic acids is 1. The Bertz CT molecular complexity index is 582. The first-order chi connectivity index (χ1) is 11.2. The molecule has 0 unspecified atom stereocenters. The summed E-state index contributed by atoms with van der Waals surface area (Å²) < 4.78 is 1.83. The minimum atomic E-state index is -0.711. The van der Waals surface area contributed by atoms with Crippen molar-refractivity contribution in [1.29, 1.82) is 5.26 Å². The minimum absolute atomic E-state index is 0.196. The second-order valence-electron chi connectivity index (χ2n) is 6.35. The van der Waals surface area contributed by atoms with Crippen molar-refractivity contribution in [1.82, 2.24) is 20.0 Å². The van der Waals surface area contributed by atoms with Crippen LogP contribution in [0.5, 0.6) is 0 Å². The summed E-state index contributed by atoms with van der Waals surface area (Å²) in [4.78, 5) is 14.8. The third-order valence-corrected chi connectivity index (χ3v) is 5.77. The van der Waals surface area contributed by atoms with Crippen LogP contribution in [-0.4, -0.2) is 57.3 Å². The number of nitriles is 1. The van der Waals surface area contributed by atoms with Gasteiger partial charge in [-0.1, -0.05) is 6.42 Å². The first-order valence-electron chi connectivity index (χ1n) is 8.27. The molecule has 124 valence electrons. The molecule has 23 heavy (non-hydrogen) atoms. The Morgan fingerprint density at radius 2 is 2.22 bits per heavy atom. The summed E-state index contributed by atoms with van der Waals surface area (Å²) in [5, 5.41) is 16.5. The van der Waals surface area contributed by atoms with E-state index in [0.717, 1.165) is 31.9 Å². The summed E-state index contributed by atoms with van der Waals surface area (Å²) in [6.07, 6.45) is 7.98. The number of carbonyl (C=O) groups is 1. The molecule has 0 aliphatic carbocycles. The Morgan fingerprint density at radius 3 is 2.91 bits per heavy atom. The summed E-state index contributed by atoms with van der Waals surface area (Å²) in [5.74, 6) is 1.39. The van der Waals surface area contributed by atoms with Gasteiger partial charge in [-0.05, 0) is 38.1 Å². The summed E-state index contributed by atoms with van der Waals surface area (Å²) in [6.45, 7) is 4.10. The molecule has 1 aromatic heterocycles. The lowest BCUT2D eigenvalue weighted by Gasteiger charge is -2.26. The van der Waals surface area contributed by atoms with E-state index in [1.165, 1.54) is 19.3 Å². The van der Waals surface area contributed by atoms with Crippen molar-refractivity contribution in [2.24, 2.45) is 0 Å². The highest BCUT2D eigenvalue weighted by molar-refractivity contribution is 7.99. The van der Waals surface area contributed by atoms with Crippen LogP contribution in [0.25, 0.3) is 0 Å². The normalized spacial score (nSPS) is 25.2. The number of thioether (sulfide) groups is 1. The van der Waals surface area contributed by atoms with E-state index >= 15 is 0 Å². The molecule has 0 spiro atoms. The molecule has 2 fully saturated rings. The van der Waals surface area contributed by atoms with E-state index in [1.54, 1.807) is 24.2 Å². The van der Waals surface area contributed by atoms with E-state index in [1.807, 2.05) is 4.68 Å². The molecule has 1 aromatic rings. The lowest BCUT2D eigenvalue weighted by molar-refractivity contribution is 0.0926. The van der Waals surface area contributed by atoms with Gasteiger partial charge in [0.15, 0.2) is 0 Å². The quantitative estimate of drug-likeness (QED) is 0.884. The molecule has 0 radical (unpaired) electrons. The molecule has 0 bridgehead atoms. The van der Waals surface area contributed by atoms with Crippen LogP contribution in [0.15, 0.2) is 12.4 Å². The van der Waals surface area contributed by atoms with Gasteiger partial charge in [-0.15, -0.1) is 0 Å². The Hall–Kier alpha value is -1.52. The van der Waals surface area contributed by atoms with E-state index in [4.69, 9.17) is 0 Å². The number of rotatable bonds is 5. The van der Waals surface area contributed by atoms with Crippen LogP contribution in [0.1, 0.15) is 36.0 Å². The fraction of sp³-hybridized carbons (Fsp3) is 0.688. The minimum Gasteiger partial charge on any atom is -0.333 e. The Kier molecular flexibility index (Phi) is 5.23. The summed E-state index contributed by atoms with van der Waals surface area (Å²) in [6, 6.07) is 2.27. The fourth-order valence-electron chi connectivity index (χ4n) is 3.10. The second-order valence-corrected chi connectivity index (χ2v) is 7.45. The third kappa shape index (κ3) is 4.06. The van der Waals surface area contributed by atoms with Gasteiger partial charge in [-0.3, -0.25) is 9.48 Å². The van der Waals surface area contributed by atoms with Gasteiger partial charge in [0, 0.05) is 18.5 Å². The first-order valence-corrected chi connectivity index (χ1v) is 9.43. The Labute approximate surface area is 141 Å². The van der Waals surface area contributed by atoms with E-state index < -0.39 is 5.54 Å². The number of hydrogen-bond acceptors (Lipinski definition) is 5. The predicted molar refractivity (Wildman–Crippen MR) is 90.3 cm³/mol. The molecule has 2 saturated heterocycles. The van der Waals surface area contributed by atoms with Crippen LogP contribution >= 0.6 is 11.8 Å². The van der Waals surface area contributed by atoms with Crippen LogP contribution in [-0.2, 0) is 6.54 Å². The largest absolute Gasteiger partial charge is 0.333 e. The van der Waals surface area contributed by atoms with Crippen molar-refractivity contribution in [3.05, 3.63) is 18.0 Å². The molecule has 0 saturated carbocycles. The van der Waals surface area contributed by atoms with Gasteiger partial charge < -0.3 is 10.2 Å². The molecule has 0 aromatic carbocycles. The summed E-state index contributed by atoms with van der Waals surface area (Å²) in [5.41, 5.74) is -0.173. The first kappa shape index (κ1) is 16.3. The van der Waals surface area contributed by atoms with E-state index in [9.17, 15) is 10.1 Å². The highest BCUT2D eigenvalue weighted by Gasteiger charge is 2.36. The number of amides is 1. The van der Waals surface area contributed by atoms with Gasteiger partial charge in [0.2, 0.25) is 0 Å². The zero-order valence-corrected chi connectivity index (χ0v) is 14.1. The number of likely N-dealkylation sites (tertiary alicyclic amines) is 1. The van der Waals surface area contributed by atoms with Crippen molar-refractivity contribution in [2.75, 3.05) is 31.1 Å². The zero-order chi connectivity index (χ0) is 16.1. The van der Waals surface area contributed by atoms with E-state index in [-0.39, 0.29) is 5.91 Å². The van der Waals surface area contributed by atoms with Crippen molar-refractivity contribution in [3.63, 3.8) is 0 Å². The number of hydrogen-bond donors (Lipinski definition) is 1. The average Bonchev–Trinajstić information content (AvgIpc) is 3.24. The maximum atomic E-state index is 12.3. The van der Waals surface area contributed by atoms with E-state index in [0.29, 0.717) is 17.7 Å². The third-order valence-electron chi connectivity index (χ3n) is 4.58. The second kappa shape index (κ2) is 7.37. The summed E-state index contributed by atoms with van der Waals surface area (Å²) in [7, 11) is 0. The lowest BCUT2D eigenvalue weighted by atomic mass is 10.0. The van der Waals surface area contributed by atoms with Crippen molar-refractivity contribution in [3.8, 4) is 6.07 Å². The lowest BCUT2D eigenvalue weighted by Crippen LogP contribution is -2.47.